The van der Waals surface area contributed by atoms with Gasteiger partial charge in [0.05, 0.1) is 17.1 Å². The Labute approximate surface area is 186 Å². The second-order valence-corrected chi connectivity index (χ2v) is 10.1. The molecule has 9 heteroatoms. The summed E-state index contributed by atoms with van der Waals surface area (Å²) >= 11 is 6.03. The number of nitrogens with one attached hydrogen (secondary N) is 1. The van der Waals surface area contributed by atoms with Crippen molar-refractivity contribution in [2.45, 2.75) is 37.9 Å². The summed E-state index contributed by atoms with van der Waals surface area (Å²) in [4.78, 5) is 12.9. The molecule has 1 fully saturated rings. The van der Waals surface area contributed by atoms with E-state index in [1.165, 1.54) is 16.4 Å². The lowest BCUT2D eigenvalue weighted by molar-refractivity contribution is -0.0440. The first-order chi connectivity index (χ1) is 14.6. The third-order valence-corrected chi connectivity index (χ3v) is 7.32. The molecule has 164 valence electrons. The van der Waals surface area contributed by atoms with E-state index >= 15 is 0 Å². The first-order valence-corrected chi connectivity index (χ1v) is 11.7. The molecule has 0 unspecified atom stereocenters. The summed E-state index contributed by atoms with van der Waals surface area (Å²) in [6.07, 6.45) is -0.335. The van der Waals surface area contributed by atoms with Gasteiger partial charge in [0.15, 0.2) is 5.76 Å². The Balaban J connectivity index is 1.52. The molecule has 7 nitrogen and oxygen atoms in total. The predicted octanol–water partition coefficient (Wildman–Crippen LogP) is 4.44. The SMILES string of the molecule is Cc1c(C(=O)Nc2ccc(S(=O)(=O)N3C[C@@H](C)O[C@@H](C)C3)cc2)oc2ccc(Cl)cc12. The summed E-state index contributed by atoms with van der Waals surface area (Å²) in [5, 5.41) is 4.08. The van der Waals surface area contributed by atoms with Crippen LogP contribution in [0, 0.1) is 6.92 Å². The van der Waals surface area contributed by atoms with Crippen LogP contribution >= 0.6 is 11.6 Å². The highest BCUT2D eigenvalue weighted by atomic mass is 35.5. The molecule has 0 radical (unpaired) electrons. The highest BCUT2D eigenvalue weighted by Gasteiger charge is 2.32. The second-order valence-electron chi connectivity index (χ2n) is 7.75. The largest absolute Gasteiger partial charge is 0.451 e. The van der Waals surface area contributed by atoms with Crippen LogP contribution in [-0.2, 0) is 14.8 Å². The third kappa shape index (κ3) is 4.34. The summed E-state index contributed by atoms with van der Waals surface area (Å²) in [5.41, 5.74) is 1.72. The lowest BCUT2D eigenvalue weighted by atomic mass is 10.1. The van der Waals surface area contributed by atoms with E-state index in [0.29, 0.717) is 34.9 Å². The monoisotopic (exact) mass is 462 g/mol. The quantitative estimate of drug-likeness (QED) is 0.619. The Bertz CT molecular complexity index is 1230. The average Bonchev–Trinajstić information content (AvgIpc) is 3.04. The molecule has 3 aromatic rings. The number of halogens is 1. The van der Waals surface area contributed by atoms with Crippen molar-refractivity contribution in [1.29, 1.82) is 0 Å². The van der Waals surface area contributed by atoms with Gasteiger partial charge in [-0.25, -0.2) is 8.42 Å². The number of carbonyl (C=O) groups is 1. The molecule has 31 heavy (non-hydrogen) atoms. The number of carbonyl (C=O) groups excluding carboxylic acids is 1. The van der Waals surface area contributed by atoms with Gasteiger partial charge in [-0.05, 0) is 63.2 Å². The number of amides is 1. The third-order valence-electron chi connectivity index (χ3n) is 5.24. The van der Waals surface area contributed by atoms with E-state index in [1.807, 2.05) is 13.8 Å². The Hall–Kier alpha value is -2.39. The number of anilines is 1. The minimum atomic E-state index is -3.64. The molecule has 1 aliphatic heterocycles. The van der Waals surface area contributed by atoms with Gasteiger partial charge in [-0.3, -0.25) is 4.79 Å². The minimum Gasteiger partial charge on any atom is -0.451 e. The number of hydrogen-bond donors (Lipinski definition) is 1. The van der Waals surface area contributed by atoms with Crippen molar-refractivity contribution in [2.24, 2.45) is 0 Å². The summed E-state index contributed by atoms with van der Waals surface area (Å²) in [7, 11) is -3.64. The van der Waals surface area contributed by atoms with Crippen molar-refractivity contribution in [3.63, 3.8) is 0 Å². The van der Waals surface area contributed by atoms with Gasteiger partial charge in [0, 0.05) is 34.7 Å². The smallest absolute Gasteiger partial charge is 0.291 e. The molecule has 1 N–H and O–H groups in total. The van der Waals surface area contributed by atoms with E-state index in [-0.39, 0.29) is 22.9 Å². The Morgan fingerprint density at radius 1 is 1.10 bits per heavy atom. The Kier molecular flexibility index (Phi) is 5.83. The van der Waals surface area contributed by atoms with Crippen LogP contribution < -0.4 is 5.32 Å². The molecule has 1 amide bonds. The van der Waals surface area contributed by atoms with Gasteiger partial charge in [-0.1, -0.05) is 11.6 Å². The van der Waals surface area contributed by atoms with E-state index in [9.17, 15) is 13.2 Å². The van der Waals surface area contributed by atoms with Crippen LogP contribution in [0.3, 0.4) is 0 Å². The number of hydrogen-bond acceptors (Lipinski definition) is 5. The van der Waals surface area contributed by atoms with Crippen molar-refractivity contribution in [1.82, 2.24) is 4.31 Å². The second kappa shape index (κ2) is 8.27. The molecule has 1 aliphatic rings. The first kappa shape index (κ1) is 21.8. The van der Waals surface area contributed by atoms with Crippen molar-refractivity contribution >= 4 is 44.2 Å². The van der Waals surface area contributed by atoms with Crippen molar-refractivity contribution in [3.05, 3.63) is 58.8 Å². The highest BCUT2D eigenvalue weighted by Crippen LogP contribution is 2.29. The molecule has 1 saturated heterocycles. The maximum atomic E-state index is 13.0. The number of benzene rings is 2. The van der Waals surface area contributed by atoms with E-state index < -0.39 is 15.9 Å². The van der Waals surface area contributed by atoms with Crippen LogP contribution in [0.1, 0.15) is 30.0 Å². The molecule has 0 saturated carbocycles. The number of morpholine rings is 1. The van der Waals surface area contributed by atoms with Gasteiger partial charge < -0.3 is 14.5 Å². The number of sulfonamides is 1. The summed E-state index contributed by atoms with van der Waals surface area (Å²) in [6, 6.07) is 11.3. The van der Waals surface area contributed by atoms with Crippen molar-refractivity contribution in [2.75, 3.05) is 18.4 Å². The highest BCUT2D eigenvalue weighted by molar-refractivity contribution is 7.89. The van der Waals surface area contributed by atoms with Gasteiger partial charge in [-0.15, -0.1) is 0 Å². The summed E-state index contributed by atoms with van der Waals surface area (Å²) < 4.78 is 38.7. The Morgan fingerprint density at radius 3 is 2.39 bits per heavy atom. The summed E-state index contributed by atoms with van der Waals surface area (Å²) in [6.45, 7) is 6.10. The molecular weight excluding hydrogens is 440 g/mol. The topological polar surface area (TPSA) is 88.9 Å². The van der Waals surface area contributed by atoms with Gasteiger partial charge in [0.2, 0.25) is 10.0 Å². The minimum absolute atomic E-state index is 0.168. The van der Waals surface area contributed by atoms with E-state index in [4.69, 9.17) is 20.8 Å². The number of furan rings is 1. The molecular formula is C22H23ClN2O5S. The van der Waals surface area contributed by atoms with Crippen LogP contribution in [0.15, 0.2) is 51.8 Å². The lowest BCUT2D eigenvalue weighted by Gasteiger charge is -2.34. The molecule has 0 bridgehead atoms. The number of nitrogens with zero attached hydrogens (tertiary/aromatic N) is 1. The number of aryl methyl sites for hydroxylation is 1. The normalized spacial score (nSPS) is 20.1. The van der Waals surface area contributed by atoms with Crippen molar-refractivity contribution in [3.8, 4) is 0 Å². The summed E-state index contributed by atoms with van der Waals surface area (Å²) in [5.74, 6) is -0.235. The zero-order valence-corrected chi connectivity index (χ0v) is 19.0. The van der Waals surface area contributed by atoms with E-state index in [2.05, 4.69) is 5.32 Å². The standard InChI is InChI=1S/C22H23ClN2O5S/c1-13-11-25(12-14(2)29-13)31(27,28)18-7-5-17(6-8-18)24-22(26)21-15(3)19-10-16(23)4-9-20(19)30-21/h4-10,13-14H,11-12H2,1-3H3,(H,24,26)/t13-,14+. The first-order valence-electron chi connectivity index (χ1n) is 9.91. The van der Waals surface area contributed by atoms with Gasteiger partial charge in [-0.2, -0.15) is 4.31 Å². The molecule has 0 aliphatic carbocycles. The zero-order chi connectivity index (χ0) is 22.3. The van der Waals surface area contributed by atoms with Gasteiger partial charge in [0.25, 0.3) is 5.91 Å². The molecule has 0 spiro atoms. The van der Waals surface area contributed by atoms with Crippen LogP contribution in [0.4, 0.5) is 5.69 Å². The predicted molar refractivity (Wildman–Crippen MR) is 119 cm³/mol. The van der Waals surface area contributed by atoms with Crippen molar-refractivity contribution < 1.29 is 22.4 Å². The maximum Gasteiger partial charge on any atom is 0.291 e. The maximum absolute atomic E-state index is 13.0. The Morgan fingerprint density at radius 2 is 1.74 bits per heavy atom. The fourth-order valence-corrected chi connectivity index (χ4v) is 5.55. The van der Waals surface area contributed by atoms with Crippen LogP contribution in [0.5, 0.6) is 0 Å². The average molecular weight is 463 g/mol. The van der Waals surface area contributed by atoms with E-state index in [1.54, 1.807) is 37.3 Å². The molecule has 4 rings (SSSR count). The fourth-order valence-electron chi connectivity index (χ4n) is 3.78. The number of rotatable bonds is 4. The lowest BCUT2D eigenvalue weighted by Crippen LogP contribution is -2.48. The fraction of sp³-hybridized carbons (Fsp3) is 0.318. The van der Waals surface area contributed by atoms with Gasteiger partial charge >= 0.3 is 0 Å². The molecule has 2 aromatic carbocycles. The van der Waals surface area contributed by atoms with Crippen LogP contribution in [0.25, 0.3) is 11.0 Å². The molecule has 2 heterocycles. The van der Waals surface area contributed by atoms with Gasteiger partial charge in [0.1, 0.15) is 5.58 Å². The number of fused-ring (bicyclic) bond motifs is 1. The van der Waals surface area contributed by atoms with E-state index in [0.717, 1.165) is 5.39 Å². The molecule has 2 atom stereocenters. The van der Waals surface area contributed by atoms with Crippen LogP contribution in [0.2, 0.25) is 5.02 Å². The number of ether oxygens (including phenoxy) is 1. The zero-order valence-electron chi connectivity index (χ0n) is 17.4. The van der Waals surface area contributed by atoms with Crippen LogP contribution in [-0.4, -0.2) is 43.9 Å². The molecule has 1 aromatic heterocycles.